The molecule has 0 radical (unpaired) electrons. The van der Waals surface area contributed by atoms with Crippen LogP contribution in [0.2, 0.25) is 0 Å². The molecule has 1 atom stereocenters. The van der Waals surface area contributed by atoms with Gasteiger partial charge in [0, 0.05) is 33.5 Å². The molecule has 0 aliphatic carbocycles. The largest absolute Gasteiger partial charge is 0.504 e. The van der Waals surface area contributed by atoms with Crippen LogP contribution in [0.3, 0.4) is 0 Å². The summed E-state index contributed by atoms with van der Waals surface area (Å²) in [5.41, 5.74) is 1.74. The second-order valence-corrected chi connectivity index (χ2v) is 3.12. The van der Waals surface area contributed by atoms with Gasteiger partial charge in [0.25, 0.3) is 0 Å². The summed E-state index contributed by atoms with van der Waals surface area (Å²) in [6.07, 6.45) is 1.34. The Bertz CT molecular complexity index is 225. The van der Waals surface area contributed by atoms with Crippen molar-refractivity contribution in [1.82, 2.24) is 16.1 Å². The minimum atomic E-state index is -0.328. The summed E-state index contributed by atoms with van der Waals surface area (Å²) in [7, 11) is 0. The molecule has 0 aromatic rings. The second kappa shape index (κ2) is 7.79. The normalized spacial score (nSPS) is 19.3. The average Bonchev–Trinajstić information content (AvgIpc) is 2.52. The number of hydrogen-bond acceptors (Lipinski definition) is 4. The van der Waals surface area contributed by atoms with Gasteiger partial charge in [0.1, 0.15) is 0 Å². The van der Waals surface area contributed by atoms with E-state index in [0.29, 0.717) is 13.0 Å². The number of rotatable bonds is 5. The van der Waals surface area contributed by atoms with Crippen molar-refractivity contribution in [2.75, 3.05) is 13.1 Å². The SMILES string of the molecule is O=C(CNO)N[CH-]C[C@@H]1CCNC1=O.[W]. The summed E-state index contributed by atoms with van der Waals surface area (Å²) < 4.78 is 0. The molecule has 1 aliphatic heterocycles. The number of carbonyl (C=O) groups excluding carboxylic acids is 2. The zero-order valence-corrected chi connectivity index (χ0v) is 11.1. The fourth-order valence-corrected chi connectivity index (χ4v) is 1.31. The van der Waals surface area contributed by atoms with Crippen molar-refractivity contribution < 1.29 is 35.9 Å². The van der Waals surface area contributed by atoms with Crippen molar-refractivity contribution in [3.63, 3.8) is 0 Å². The molecule has 4 N–H and O–H groups in total. The van der Waals surface area contributed by atoms with Crippen LogP contribution in [0, 0.1) is 12.5 Å². The maximum absolute atomic E-state index is 11.1. The third-order valence-corrected chi connectivity index (χ3v) is 2.07. The van der Waals surface area contributed by atoms with E-state index in [1.807, 2.05) is 0 Å². The van der Waals surface area contributed by atoms with Gasteiger partial charge in [-0.05, 0) is 6.42 Å². The minimum Gasteiger partial charge on any atom is -0.504 e. The molecule has 6 nitrogen and oxygen atoms in total. The first kappa shape index (κ1) is 14.5. The maximum Gasteiger partial charge on any atom is 0.220 e. The van der Waals surface area contributed by atoms with Crippen molar-refractivity contribution >= 4 is 11.8 Å². The van der Waals surface area contributed by atoms with Gasteiger partial charge in [0.05, 0.1) is 6.54 Å². The van der Waals surface area contributed by atoms with Crippen LogP contribution in [-0.4, -0.2) is 30.1 Å². The fraction of sp³-hybridized carbons (Fsp3) is 0.625. The van der Waals surface area contributed by atoms with Crippen molar-refractivity contribution in [3.8, 4) is 0 Å². The van der Waals surface area contributed by atoms with Gasteiger partial charge in [-0.1, -0.05) is 0 Å². The summed E-state index contributed by atoms with van der Waals surface area (Å²) in [5.74, 6) is -0.320. The van der Waals surface area contributed by atoms with E-state index in [2.05, 4.69) is 10.6 Å². The van der Waals surface area contributed by atoms with Gasteiger partial charge in [-0.15, -0.1) is 0 Å². The minimum absolute atomic E-state index is 0. The van der Waals surface area contributed by atoms with E-state index >= 15 is 0 Å². The second-order valence-electron chi connectivity index (χ2n) is 3.12. The Morgan fingerprint density at radius 3 is 2.93 bits per heavy atom. The predicted molar refractivity (Wildman–Crippen MR) is 48.0 cm³/mol. The van der Waals surface area contributed by atoms with Crippen molar-refractivity contribution in [2.45, 2.75) is 12.8 Å². The first-order chi connectivity index (χ1) is 6.74. The van der Waals surface area contributed by atoms with Gasteiger partial charge in [-0.25, -0.2) is 6.54 Å². The van der Waals surface area contributed by atoms with Crippen LogP contribution in [0.15, 0.2) is 0 Å². The van der Waals surface area contributed by atoms with E-state index in [4.69, 9.17) is 5.21 Å². The molecule has 1 rings (SSSR count). The van der Waals surface area contributed by atoms with E-state index in [9.17, 15) is 9.59 Å². The Morgan fingerprint density at radius 1 is 1.67 bits per heavy atom. The zero-order valence-electron chi connectivity index (χ0n) is 8.16. The van der Waals surface area contributed by atoms with Gasteiger partial charge in [0.2, 0.25) is 11.8 Å². The van der Waals surface area contributed by atoms with Crippen LogP contribution in [0.5, 0.6) is 0 Å². The maximum atomic E-state index is 11.1. The molecule has 15 heavy (non-hydrogen) atoms. The van der Waals surface area contributed by atoms with Gasteiger partial charge >= 0.3 is 0 Å². The summed E-state index contributed by atoms with van der Waals surface area (Å²) in [6, 6.07) is 0. The Labute approximate surface area is 102 Å². The standard InChI is InChI=1S/C8H14N3O3.W/c12-7(5-11-14)9-3-1-6-2-4-10-8(6)13;/h3,6,11,14H,1-2,4-5H2,(H,9,12)(H,10,13);/q-1;/t6-;/m1./s1. The number of hydrogen-bond donors (Lipinski definition) is 4. The van der Waals surface area contributed by atoms with E-state index in [1.54, 1.807) is 12.0 Å². The van der Waals surface area contributed by atoms with E-state index in [1.165, 1.54) is 0 Å². The zero-order chi connectivity index (χ0) is 10.4. The van der Waals surface area contributed by atoms with Crippen LogP contribution in [-0.2, 0) is 30.7 Å². The molecule has 1 fully saturated rings. The molecule has 0 aromatic heterocycles. The van der Waals surface area contributed by atoms with E-state index in [-0.39, 0.29) is 45.3 Å². The molecule has 7 heteroatoms. The van der Waals surface area contributed by atoms with Gasteiger partial charge in [-0.2, -0.15) is 11.9 Å². The molecule has 86 valence electrons. The monoisotopic (exact) mass is 384 g/mol. The first-order valence-electron chi connectivity index (χ1n) is 4.49. The molecule has 0 bridgehead atoms. The number of amides is 2. The molecule has 0 spiro atoms. The van der Waals surface area contributed by atoms with Crippen LogP contribution in [0.1, 0.15) is 12.8 Å². The van der Waals surface area contributed by atoms with Crippen molar-refractivity contribution in [1.29, 1.82) is 0 Å². The Hall–Kier alpha value is -0.452. The molecular formula is C8H14N3O3W-. The molecule has 0 saturated carbocycles. The molecule has 0 aromatic carbocycles. The summed E-state index contributed by atoms with van der Waals surface area (Å²) in [5, 5.41) is 13.4. The Balaban J connectivity index is 0.00000196. The molecule has 1 saturated heterocycles. The summed E-state index contributed by atoms with van der Waals surface area (Å²) in [6.45, 7) is 2.12. The van der Waals surface area contributed by atoms with Crippen LogP contribution in [0.25, 0.3) is 0 Å². The topological polar surface area (TPSA) is 90.5 Å². The number of nitrogens with one attached hydrogen (secondary N) is 3. The molecule has 2 amide bonds. The quantitative estimate of drug-likeness (QED) is 0.353. The molecule has 1 aliphatic rings. The van der Waals surface area contributed by atoms with Crippen molar-refractivity contribution in [2.24, 2.45) is 5.92 Å². The fourth-order valence-electron chi connectivity index (χ4n) is 1.31. The van der Waals surface area contributed by atoms with Crippen LogP contribution in [0.4, 0.5) is 0 Å². The van der Waals surface area contributed by atoms with Gasteiger partial charge in [0.15, 0.2) is 0 Å². The smallest absolute Gasteiger partial charge is 0.220 e. The van der Waals surface area contributed by atoms with E-state index < -0.39 is 0 Å². The van der Waals surface area contributed by atoms with Crippen LogP contribution >= 0.6 is 0 Å². The van der Waals surface area contributed by atoms with Crippen molar-refractivity contribution in [3.05, 3.63) is 6.54 Å². The van der Waals surface area contributed by atoms with Gasteiger partial charge in [-0.3, -0.25) is 9.59 Å². The summed E-state index contributed by atoms with van der Waals surface area (Å²) >= 11 is 0. The molecule has 1 heterocycles. The van der Waals surface area contributed by atoms with Crippen LogP contribution < -0.4 is 16.1 Å². The van der Waals surface area contributed by atoms with E-state index in [0.717, 1.165) is 6.42 Å². The van der Waals surface area contributed by atoms with Gasteiger partial charge < -0.3 is 15.8 Å². The molecule has 0 unspecified atom stereocenters. The third-order valence-electron chi connectivity index (χ3n) is 2.07. The Kier molecular flexibility index (Phi) is 7.56. The first-order valence-corrected chi connectivity index (χ1v) is 4.49. The number of carbonyl (C=O) groups is 2. The molecular weight excluding hydrogens is 370 g/mol. The predicted octanol–water partition coefficient (Wildman–Crippen LogP) is -1.23. The average molecular weight is 384 g/mol. The summed E-state index contributed by atoms with van der Waals surface area (Å²) in [4.78, 5) is 21.9. The number of hydroxylamine groups is 1. The Morgan fingerprint density at radius 2 is 2.40 bits per heavy atom. The third kappa shape index (κ3) is 5.25.